The van der Waals surface area contributed by atoms with Crippen molar-refractivity contribution >= 4 is 33.4 Å². The Hall–Kier alpha value is -4.82. The molecule has 2 saturated heterocycles. The van der Waals surface area contributed by atoms with Gasteiger partial charge in [-0.1, -0.05) is 36.9 Å². The molecule has 1 amide bonds. The minimum absolute atomic E-state index is 0.00625. The van der Waals surface area contributed by atoms with Crippen molar-refractivity contribution < 1.29 is 23.0 Å². The van der Waals surface area contributed by atoms with Crippen molar-refractivity contribution in [2.75, 3.05) is 57.9 Å². The molecule has 0 aliphatic carbocycles. The molecule has 3 aliphatic heterocycles. The average Bonchev–Trinajstić information content (AvgIpc) is 3.51. The van der Waals surface area contributed by atoms with E-state index in [0.717, 1.165) is 59.7 Å². The number of halogens is 2. The summed E-state index contributed by atoms with van der Waals surface area (Å²) in [5.74, 6) is -0.870. The predicted octanol–water partition coefficient (Wildman–Crippen LogP) is 5.81. The standard InChI is InChI=1S/C36H36F2N6O3/c1-22(37)35(45)44-16-15-43(20-24(44)19-39-2)34-32-31(40-36(41-34)47-21-23-8-6-14-42(23)3)18-29(28-11-7-17-46-33(28)32)26-12-13-30(38)27-10-5-4-9-25(26)27/h4-5,9-10,12-13,18,23-24H,1,6-8,11,14-17,19-21H2,3H3/t23-,24-/m0/s1. The normalized spacial score (nSPS) is 19.8. The van der Waals surface area contributed by atoms with Crippen LogP contribution in [0.25, 0.3) is 37.6 Å². The topological polar surface area (TPSA) is 75.4 Å². The van der Waals surface area contributed by atoms with Crippen LogP contribution in [0.4, 0.5) is 14.6 Å². The molecule has 0 radical (unpaired) electrons. The zero-order valence-electron chi connectivity index (χ0n) is 26.3. The number of piperazine rings is 1. The van der Waals surface area contributed by atoms with Gasteiger partial charge in [0, 0.05) is 36.6 Å². The lowest BCUT2D eigenvalue weighted by Gasteiger charge is -2.40. The minimum atomic E-state index is -1.04. The van der Waals surface area contributed by atoms with E-state index in [1.165, 1.54) is 11.0 Å². The third-order valence-corrected chi connectivity index (χ3v) is 9.64. The molecule has 9 nitrogen and oxygen atoms in total. The third kappa shape index (κ3) is 5.71. The van der Waals surface area contributed by atoms with Gasteiger partial charge in [0.25, 0.3) is 5.91 Å². The first-order chi connectivity index (χ1) is 22.8. The molecule has 0 N–H and O–H groups in total. The number of rotatable bonds is 7. The largest absolute Gasteiger partial charge is 0.492 e. The van der Waals surface area contributed by atoms with Crippen molar-refractivity contribution in [2.45, 2.75) is 37.8 Å². The number of benzene rings is 3. The smallest absolute Gasteiger partial charge is 0.319 e. The highest BCUT2D eigenvalue weighted by molar-refractivity contribution is 6.04. The molecule has 242 valence electrons. The van der Waals surface area contributed by atoms with E-state index in [9.17, 15) is 13.6 Å². The van der Waals surface area contributed by atoms with Gasteiger partial charge in [-0.2, -0.15) is 9.97 Å². The quantitative estimate of drug-likeness (QED) is 0.187. The molecule has 2 fully saturated rings. The zero-order chi connectivity index (χ0) is 32.7. The lowest BCUT2D eigenvalue weighted by molar-refractivity contribution is -0.131. The fourth-order valence-corrected chi connectivity index (χ4v) is 7.22. The summed E-state index contributed by atoms with van der Waals surface area (Å²) in [6.07, 6.45) is 3.69. The fourth-order valence-electron chi connectivity index (χ4n) is 7.22. The maximum atomic E-state index is 14.9. The second-order valence-corrected chi connectivity index (χ2v) is 12.5. The predicted molar refractivity (Wildman–Crippen MR) is 177 cm³/mol. The van der Waals surface area contributed by atoms with Gasteiger partial charge in [0.15, 0.2) is 5.83 Å². The molecule has 0 bridgehead atoms. The molecular formula is C36H36F2N6O3. The number of hydrogen-bond acceptors (Lipinski definition) is 7. The van der Waals surface area contributed by atoms with Gasteiger partial charge in [0.2, 0.25) is 6.54 Å². The van der Waals surface area contributed by atoms with E-state index in [2.05, 4.69) is 23.4 Å². The van der Waals surface area contributed by atoms with Gasteiger partial charge < -0.3 is 29.0 Å². The summed E-state index contributed by atoms with van der Waals surface area (Å²) in [7, 11) is 2.08. The number of hydrogen-bond donors (Lipinski definition) is 0. The number of carbonyl (C=O) groups is 1. The molecule has 7 rings (SSSR count). The number of likely N-dealkylation sites (N-methyl/N-ethyl adjacent to an activating group) is 1. The van der Waals surface area contributed by atoms with Crippen molar-refractivity contribution in [2.24, 2.45) is 0 Å². The van der Waals surface area contributed by atoms with Gasteiger partial charge in [0.05, 0.1) is 17.5 Å². The van der Waals surface area contributed by atoms with Gasteiger partial charge >= 0.3 is 6.01 Å². The van der Waals surface area contributed by atoms with Crippen LogP contribution in [0.3, 0.4) is 0 Å². The molecule has 0 unspecified atom stereocenters. The van der Waals surface area contributed by atoms with E-state index in [-0.39, 0.29) is 37.5 Å². The van der Waals surface area contributed by atoms with Crippen molar-refractivity contribution in [1.29, 1.82) is 0 Å². The number of likely N-dealkylation sites (tertiary alicyclic amines) is 1. The van der Waals surface area contributed by atoms with Crippen molar-refractivity contribution in [3.05, 3.63) is 77.7 Å². The van der Waals surface area contributed by atoms with Gasteiger partial charge in [-0.25, -0.2) is 15.4 Å². The Labute approximate surface area is 272 Å². The average molecular weight is 639 g/mol. The molecular weight excluding hydrogens is 602 g/mol. The van der Waals surface area contributed by atoms with Gasteiger partial charge in [0.1, 0.15) is 30.0 Å². The molecule has 0 saturated carbocycles. The molecule has 4 aromatic rings. The summed E-state index contributed by atoms with van der Waals surface area (Å²) in [6.45, 7) is 13.5. The van der Waals surface area contributed by atoms with Crippen molar-refractivity contribution in [3.8, 4) is 22.9 Å². The summed E-state index contributed by atoms with van der Waals surface area (Å²) >= 11 is 0. The molecule has 2 atom stereocenters. The van der Waals surface area contributed by atoms with Crippen LogP contribution in [0.5, 0.6) is 11.8 Å². The van der Waals surface area contributed by atoms with Crippen molar-refractivity contribution in [1.82, 2.24) is 19.8 Å². The second kappa shape index (κ2) is 12.8. The highest BCUT2D eigenvalue weighted by Gasteiger charge is 2.36. The third-order valence-electron chi connectivity index (χ3n) is 9.64. The number of carbonyl (C=O) groups excluding carboxylic acids is 1. The number of aromatic nitrogens is 2. The van der Waals surface area contributed by atoms with Crippen LogP contribution in [0, 0.1) is 12.4 Å². The van der Waals surface area contributed by atoms with Crippen LogP contribution >= 0.6 is 0 Å². The van der Waals surface area contributed by atoms with E-state index in [1.807, 2.05) is 35.2 Å². The molecule has 47 heavy (non-hydrogen) atoms. The van der Waals surface area contributed by atoms with Crippen LogP contribution in [0.1, 0.15) is 24.8 Å². The van der Waals surface area contributed by atoms with E-state index in [4.69, 9.17) is 26.0 Å². The first-order valence-corrected chi connectivity index (χ1v) is 16.1. The van der Waals surface area contributed by atoms with E-state index in [0.29, 0.717) is 42.2 Å². The van der Waals surface area contributed by atoms with Gasteiger partial charge in [-0.3, -0.25) is 4.79 Å². The molecule has 3 aliphatic rings. The fraction of sp³-hybridized carbons (Fsp3) is 0.389. The van der Waals surface area contributed by atoms with Crippen LogP contribution < -0.4 is 14.4 Å². The number of nitrogens with zero attached hydrogens (tertiary/aromatic N) is 6. The van der Waals surface area contributed by atoms with Crippen LogP contribution in [-0.4, -0.2) is 90.7 Å². The molecule has 3 aromatic carbocycles. The summed E-state index contributed by atoms with van der Waals surface area (Å²) < 4.78 is 41.6. The SMILES string of the molecule is [C-]#[N+]C[C@H]1CN(c2nc(OC[C@@H]3CCCN3C)nc3cc(-c4ccc(F)c5ccccc45)c4c(c23)OCCC4)CCN1C(=O)C(=C)F. The summed E-state index contributed by atoms with van der Waals surface area (Å²) in [5, 5.41) is 2.06. The van der Waals surface area contributed by atoms with Crippen LogP contribution in [0.15, 0.2) is 54.9 Å². The van der Waals surface area contributed by atoms with Crippen LogP contribution in [-0.2, 0) is 11.2 Å². The van der Waals surface area contributed by atoms with E-state index < -0.39 is 17.8 Å². The lowest BCUT2D eigenvalue weighted by atomic mass is 9.89. The number of fused-ring (bicyclic) bond motifs is 4. The first-order valence-electron chi connectivity index (χ1n) is 16.1. The van der Waals surface area contributed by atoms with Crippen LogP contribution in [0.2, 0.25) is 0 Å². The summed E-state index contributed by atoms with van der Waals surface area (Å²) in [5.41, 5.74) is 3.41. The number of anilines is 1. The van der Waals surface area contributed by atoms with E-state index in [1.54, 1.807) is 6.07 Å². The molecule has 11 heteroatoms. The minimum Gasteiger partial charge on any atom is -0.492 e. The second-order valence-electron chi connectivity index (χ2n) is 12.5. The Bertz CT molecular complexity index is 1930. The van der Waals surface area contributed by atoms with Gasteiger partial charge in [-0.15, -0.1) is 0 Å². The zero-order valence-corrected chi connectivity index (χ0v) is 26.3. The Morgan fingerprint density at radius 3 is 2.70 bits per heavy atom. The molecule has 1 aromatic heterocycles. The summed E-state index contributed by atoms with van der Waals surface area (Å²) in [6, 6.07) is 12.7. The Morgan fingerprint density at radius 2 is 1.94 bits per heavy atom. The number of ether oxygens (including phenoxy) is 2. The van der Waals surface area contributed by atoms with Gasteiger partial charge in [-0.05, 0) is 67.9 Å². The monoisotopic (exact) mass is 638 g/mol. The van der Waals surface area contributed by atoms with E-state index >= 15 is 0 Å². The molecule has 4 heterocycles. The summed E-state index contributed by atoms with van der Waals surface area (Å²) in [4.78, 5) is 31.7. The van der Waals surface area contributed by atoms with Crippen molar-refractivity contribution in [3.63, 3.8) is 0 Å². The Kier molecular flexibility index (Phi) is 8.37. The lowest BCUT2D eigenvalue weighted by Crippen LogP contribution is -2.56. The molecule has 0 spiro atoms. The maximum Gasteiger partial charge on any atom is 0.319 e. The highest BCUT2D eigenvalue weighted by Crippen LogP contribution is 2.46. The maximum absolute atomic E-state index is 14.9. The first kappa shape index (κ1) is 30.8. The Morgan fingerprint density at radius 1 is 1.11 bits per heavy atom. The highest BCUT2D eigenvalue weighted by atomic mass is 19.1. The Balaban J connectivity index is 1.39. The number of amides is 1.